The van der Waals surface area contributed by atoms with Crippen LogP contribution in [0.2, 0.25) is 0 Å². The van der Waals surface area contributed by atoms with Gasteiger partial charge in [-0.1, -0.05) is 47.1 Å². The summed E-state index contributed by atoms with van der Waals surface area (Å²) in [6.07, 6.45) is 4.03. The van der Waals surface area contributed by atoms with E-state index in [1.54, 1.807) is 0 Å². The van der Waals surface area contributed by atoms with Crippen molar-refractivity contribution in [2.75, 3.05) is 18.0 Å². The van der Waals surface area contributed by atoms with E-state index in [4.69, 9.17) is 14.5 Å². The second-order valence-electron chi connectivity index (χ2n) is 8.40. The maximum atomic E-state index is 12.4. The van der Waals surface area contributed by atoms with Crippen molar-refractivity contribution in [1.29, 1.82) is 0 Å². The molecule has 6 nitrogen and oxygen atoms in total. The molecular weight excluding hydrogens is 489 g/mol. The molecule has 2 heterocycles. The Morgan fingerprint density at radius 2 is 1.84 bits per heavy atom. The number of hydrogen-bond acceptors (Lipinski definition) is 5. The molecule has 1 saturated heterocycles. The molecule has 0 spiro atoms. The second-order valence-corrected chi connectivity index (χ2v) is 11.1. The van der Waals surface area contributed by atoms with Gasteiger partial charge in [0.2, 0.25) is 0 Å². The number of rotatable bonds is 7. The first-order chi connectivity index (χ1) is 15.3. The maximum Gasteiger partial charge on any atom is 0.332 e. The lowest BCUT2D eigenvalue weighted by molar-refractivity contribution is 0.185. The number of fused-ring (bicyclic) bond motifs is 1. The highest BCUT2D eigenvalue weighted by Crippen LogP contribution is 2.47. The van der Waals surface area contributed by atoms with Crippen LogP contribution >= 0.6 is 23.5 Å². The van der Waals surface area contributed by atoms with Gasteiger partial charge in [0.1, 0.15) is 5.82 Å². The molecule has 1 aliphatic heterocycles. The predicted octanol–water partition coefficient (Wildman–Crippen LogP) is 6.55. The van der Waals surface area contributed by atoms with Crippen LogP contribution in [0.1, 0.15) is 45.1 Å². The number of piperidine rings is 1. The van der Waals surface area contributed by atoms with Crippen LogP contribution in [0.15, 0.2) is 46.9 Å². The Bertz CT molecular complexity index is 1130. The Morgan fingerprint density at radius 3 is 2.53 bits per heavy atom. The lowest BCUT2D eigenvalue weighted by atomic mass is 10.1. The van der Waals surface area contributed by atoms with Crippen molar-refractivity contribution in [3.63, 3.8) is 0 Å². The highest BCUT2D eigenvalue weighted by atomic mass is 79.9. The molecule has 2 unspecified atom stereocenters. The molecule has 0 radical (unpaired) electrons. The van der Waals surface area contributed by atoms with Gasteiger partial charge in [0.15, 0.2) is 5.82 Å². The van der Waals surface area contributed by atoms with Crippen molar-refractivity contribution in [2.24, 2.45) is 0 Å². The van der Waals surface area contributed by atoms with Gasteiger partial charge >= 0.3 is 7.60 Å². The molecule has 170 valence electrons. The summed E-state index contributed by atoms with van der Waals surface area (Å²) < 4.78 is 18.7. The van der Waals surface area contributed by atoms with E-state index in [9.17, 15) is 9.46 Å². The van der Waals surface area contributed by atoms with Crippen LogP contribution < -0.4 is 4.90 Å². The molecule has 1 N–H and O–H groups in total. The highest BCUT2D eigenvalue weighted by Gasteiger charge is 2.23. The maximum absolute atomic E-state index is 12.4. The van der Waals surface area contributed by atoms with E-state index >= 15 is 0 Å². The first-order valence-electron chi connectivity index (χ1n) is 11.2. The number of benzene rings is 2. The largest absolute Gasteiger partial charge is 0.356 e. The van der Waals surface area contributed by atoms with Gasteiger partial charge in [-0.05, 0) is 56.4 Å². The van der Waals surface area contributed by atoms with Crippen molar-refractivity contribution < 1.29 is 14.0 Å². The third-order valence-electron chi connectivity index (χ3n) is 5.81. The van der Waals surface area contributed by atoms with Gasteiger partial charge in [-0.3, -0.25) is 4.57 Å². The molecule has 3 aromatic rings. The first kappa shape index (κ1) is 23.4. The van der Waals surface area contributed by atoms with E-state index < -0.39 is 7.60 Å². The molecule has 0 saturated carbocycles. The Hall–Kier alpha value is -1.79. The van der Waals surface area contributed by atoms with Crippen molar-refractivity contribution in [3.05, 3.63) is 52.5 Å². The molecule has 1 aliphatic rings. The average molecular weight is 518 g/mol. The molecule has 8 heteroatoms. The van der Waals surface area contributed by atoms with Gasteiger partial charge in [0.25, 0.3) is 0 Å². The summed E-state index contributed by atoms with van der Waals surface area (Å²) in [6, 6.07) is 13.6. The Morgan fingerprint density at radius 1 is 1.12 bits per heavy atom. The third kappa shape index (κ3) is 5.57. The molecule has 2 atom stereocenters. The zero-order chi connectivity index (χ0) is 22.7. The van der Waals surface area contributed by atoms with Crippen molar-refractivity contribution in [3.8, 4) is 11.4 Å². The van der Waals surface area contributed by atoms with E-state index in [1.165, 1.54) is 19.3 Å². The molecule has 0 amide bonds. The van der Waals surface area contributed by atoms with Gasteiger partial charge in [-0.2, -0.15) is 0 Å². The normalized spacial score (nSPS) is 17.3. The van der Waals surface area contributed by atoms with Gasteiger partial charge in [0, 0.05) is 28.5 Å². The molecule has 32 heavy (non-hydrogen) atoms. The van der Waals surface area contributed by atoms with Gasteiger partial charge in [-0.15, -0.1) is 0 Å². The highest BCUT2D eigenvalue weighted by molar-refractivity contribution is 9.10. The second kappa shape index (κ2) is 10.0. The van der Waals surface area contributed by atoms with Gasteiger partial charge in [0.05, 0.1) is 17.8 Å². The zero-order valence-electron chi connectivity index (χ0n) is 18.5. The summed E-state index contributed by atoms with van der Waals surface area (Å²) in [5.74, 6) is 1.63. The number of hydrogen-bond donors (Lipinski definition) is 1. The Labute approximate surface area is 197 Å². The molecular formula is C24H29BrN3O3P. The van der Waals surface area contributed by atoms with E-state index in [2.05, 4.69) is 26.9 Å². The fourth-order valence-corrected chi connectivity index (χ4v) is 5.76. The van der Waals surface area contributed by atoms with E-state index in [0.717, 1.165) is 45.4 Å². The summed E-state index contributed by atoms with van der Waals surface area (Å²) in [5, 5.41) is 1.05. The molecule has 1 aromatic heterocycles. The molecule has 2 aromatic carbocycles. The summed E-state index contributed by atoms with van der Waals surface area (Å²) >= 11 is 3.58. The Balaban J connectivity index is 1.64. The smallest absolute Gasteiger partial charge is 0.332 e. The minimum atomic E-state index is -3.68. The lowest BCUT2D eigenvalue weighted by Gasteiger charge is -2.29. The zero-order valence-corrected chi connectivity index (χ0v) is 21.0. The van der Waals surface area contributed by atoms with Crippen molar-refractivity contribution in [2.45, 2.75) is 51.8 Å². The summed E-state index contributed by atoms with van der Waals surface area (Å²) in [4.78, 5) is 22.3. The van der Waals surface area contributed by atoms with Crippen LogP contribution in [-0.4, -0.2) is 34.1 Å². The fourth-order valence-electron chi connectivity index (χ4n) is 3.94. The number of halogens is 1. The summed E-state index contributed by atoms with van der Waals surface area (Å²) in [5.41, 5.74) is 2.54. The van der Waals surface area contributed by atoms with Crippen LogP contribution in [0, 0.1) is 0 Å². The minimum Gasteiger partial charge on any atom is -0.356 e. The number of aromatic nitrogens is 2. The van der Waals surface area contributed by atoms with Crippen LogP contribution in [0.5, 0.6) is 0 Å². The molecule has 0 bridgehead atoms. The topological polar surface area (TPSA) is 75.6 Å². The molecule has 4 rings (SSSR count). The standard InChI is InChI=1S/C24H29BrN3O3P/c1-3-17(2)31-32(29,30)16-18-7-9-19(10-8-18)23-26-22-12-11-20(25)15-21(22)24(27-23)28-13-5-4-6-14-28/h7-12,15,17H,3-6,13-14,16H2,1-2H3,(H,29,30). The quantitative estimate of drug-likeness (QED) is 0.358. The van der Waals surface area contributed by atoms with E-state index in [-0.39, 0.29) is 12.3 Å². The monoisotopic (exact) mass is 517 g/mol. The van der Waals surface area contributed by atoms with Crippen LogP contribution in [0.4, 0.5) is 5.82 Å². The minimum absolute atomic E-state index is 0.0107. The SMILES string of the molecule is CCC(C)OP(=O)(O)Cc1ccc(-c2nc(N3CCCCC3)c3cc(Br)ccc3n2)cc1. The predicted molar refractivity (Wildman–Crippen MR) is 133 cm³/mol. The number of anilines is 1. The summed E-state index contributed by atoms with van der Waals surface area (Å²) in [6.45, 7) is 5.74. The van der Waals surface area contributed by atoms with Gasteiger partial charge < -0.3 is 14.3 Å². The average Bonchev–Trinajstić information content (AvgIpc) is 2.79. The van der Waals surface area contributed by atoms with Crippen molar-refractivity contribution in [1.82, 2.24) is 9.97 Å². The Kier molecular flexibility index (Phi) is 7.30. The van der Waals surface area contributed by atoms with E-state index in [0.29, 0.717) is 12.2 Å². The molecule has 0 aliphatic carbocycles. The van der Waals surface area contributed by atoms with Crippen LogP contribution in [0.3, 0.4) is 0 Å². The van der Waals surface area contributed by atoms with Crippen LogP contribution in [0.25, 0.3) is 22.3 Å². The third-order valence-corrected chi connectivity index (χ3v) is 7.75. The van der Waals surface area contributed by atoms with Crippen molar-refractivity contribution >= 4 is 40.2 Å². The van der Waals surface area contributed by atoms with E-state index in [1.807, 2.05) is 50.2 Å². The van der Waals surface area contributed by atoms with Crippen LogP contribution in [-0.2, 0) is 15.3 Å². The number of nitrogens with zero attached hydrogens (tertiary/aromatic N) is 3. The first-order valence-corrected chi connectivity index (χ1v) is 13.7. The van der Waals surface area contributed by atoms with Gasteiger partial charge in [-0.25, -0.2) is 9.97 Å². The summed E-state index contributed by atoms with van der Waals surface area (Å²) in [7, 11) is -3.68. The lowest BCUT2D eigenvalue weighted by Crippen LogP contribution is -2.30. The fraction of sp³-hybridized carbons (Fsp3) is 0.417. The molecule has 1 fully saturated rings.